The maximum absolute atomic E-state index is 12.4. The second kappa shape index (κ2) is 6.33. The maximum atomic E-state index is 12.4. The molecule has 3 rings (SSSR count). The van der Waals surface area contributed by atoms with Crippen molar-refractivity contribution in [2.24, 2.45) is 11.1 Å². The highest BCUT2D eigenvalue weighted by Gasteiger charge is 2.41. The van der Waals surface area contributed by atoms with E-state index in [0.717, 1.165) is 22.3 Å². The highest BCUT2D eigenvalue weighted by atomic mass is 16.5. The minimum atomic E-state index is -1.32. The van der Waals surface area contributed by atoms with Crippen LogP contribution in [0.15, 0.2) is 48.5 Å². The number of nitrogens with two attached hydrogens (primary N) is 1. The molecule has 0 heterocycles. The fraction of sp³-hybridized carbons (Fsp3) is 0.300. The molecule has 0 radical (unpaired) electrons. The Kier molecular flexibility index (Phi) is 4.35. The van der Waals surface area contributed by atoms with Gasteiger partial charge in [-0.1, -0.05) is 48.5 Å². The molecule has 1 aliphatic carbocycles. The third-order valence-corrected chi connectivity index (χ3v) is 4.91. The van der Waals surface area contributed by atoms with E-state index in [-0.39, 0.29) is 12.5 Å². The number of aliphatic carboxylic acids is 1. The van der Waals surface area contributed by atoms with E-state index in [9.17, 15) is 9.59 Å². The van der Waals surface area contributed by atoms with Gasteiger partial charge in [0.1, 0.15) is 12.6 Å². The van der Waals surface area contributed by atoms with Gasteiger partial charge < -0.3 is 15.6 Å². The number of esters is 1. The van der Waals surface area contributed by atoms with Crippen molar-refractivity contribution in [1.29, 1.82) is 0 Å². The summed E-state index contributed by atoms with van der Waals surface area (Å²) in [6.45, 7) is 3.14. The fourth-order valence-electron chi connectivity index (χ4n) is 3.22. The number of fused-ring (bicyclic) bond motifs is 3. The molecule has 0 saturated carbocycles. The summed E-state index contributed by atoms with van der Waals surface area (Å²) in [6, 6.07) is 14.7. The predicted molar refractivity (Wildman–Crippen MR) is 94.1 cm³/mol. The molecule has 1 aliphatic rings. The first-order chi connectivity index (χ1) is 11.8. The van der Waals surface area contributed by atoms with Crippen molar-refractivity contribution in [2.45, 2.75) is 25.8 Å². The van der Waals surface area contributed by atoms with Crippen molar-refractivity contribution in [2.75, 3.05) is 6.61 Å². The van der Waals surface area contributed by atoms with Crippen LogP contribution in [0.3, 0.4) is 0 Å². The summed E-state index contributed by atoms with van der Waals surface area (Å²) < 4.78 is 5.49. The molecule has 0 spiro atoms. The highest BCUT2D eigenvalue weighted by Crippen LogP contribution is 2.44. The zero-order valence-corrected chi connectivity index (χ0v) is 14.2. The fourth-order valence-corrected chi connectivity index (χ4v) is 3.22. The van der Waals surface area contributed by atoms with Crippen molar-refractivity contribution in [1.82, 2.24) is 0 Å². The van der Waals surface area contributed by atoms with Gasteiger partial charge in [0.2, 0.25) is 0 Å². The topological polar surface area (TPSA) is 89.6 Å². The minimum Gasteiger partial charge on any atom is -0.480 e. The van der Waals surface area contributed by atoms with Gasteiger partial charge in [-0.3, -0.25) is 9.59 Å². The Morgan fingerprint density at radius 2 is 1.56 bits per heavy atom. The predicted octanol–water partition coefficient (Wildman–Crippen LogP) is 2.78. The molecule has 2 aromatic rings. The summed E-state index contributed by atoms with van der Waals surface area (Å²) >= 11 is 0. The zero-order chi connectivity index (χ0) is 18.2. The highest BCUT2D eigenvalue weighted by molar-refractivity contribution is 5.86. The second-order valence-corrected chi connectivity index (χ2v) is 6.86. The number of carbonyl (C=O) groups is 2. The van der Waals surface area contributed by atoms with E-state index in [1.54, 1.807) is 0 Å². The van der Waals surface area contributed by atoms with Crippen LogP contribution in [0.1, 0.15) is 30.9 Å². The van der Waals surface area contributed by atoms with Gasteiger partial charge >= 0.3 is 11.9 Å². The number of carboxylic acids is 1. The molecular formula is C20H21NO4. The Hall–Kier alpha value is -2.66. The summed E-state index contributed by atoms with van der Waals surface area (Å²) in [5.74, 6) is -1.89. The van der Waals surface area contributed by atoms with Gasteiger partial charge in [-0.05, 0) is 36.1 Å². The van der Waals surface area contributed by atoms with Crippen LogP contribution in [0.2, 0.25) is 0 Å². The Bertz CT molecular complexity index is 782. The molecule has 0 aromatic heterocycles. The summed E-state index contributed by atoms with van der Waals surface area (Å²) in [5.41, 5.74) is 8.82. The van der Waals surface area contributed by atoms with Gasteiger partial charge in [0.15, 0.2) is 0 Å². The Balaban J connectivity index is 1.82. The molecule has 5 heteroatoms. The van der Waals surface area contributed by atoms with Crippen LogP contribution >= 0.6 is 0 Å². The molecule has 0 unspecified atom stereocenters. The monoisotopic (exact) mass is 339 g/mol. The zero-order valence-electron chi connectivity index (χ0n) is 14.2. The number of ether oxygens (including phenoxy) is 1. The summed E-state index contributed by atoms with van der Waals surface area (Å²) in [4.78, 5) is 23.5. The molecule has 2 aromatic carbocycles. The quantitative estimate of drug-likeness (QED) is 0.818. The molecule has 3 N–H and O–H groups in total. The second-order valence-electron chi connectivity index (χ2n) is 6.86. The van der Waals surface area contributed by atoms with E-state index >= 15 is 0 Å². The molecule has 1 atom stereocenters. The number of benzene rings is 2. The smallest absolute Gasteiger partial charge is 0.321 e. The molecule has 0 fully saturated rings. The molecule has 5 nitrogen and oxygen atoms in total. The lowest BCUT2D eigenvalue weighted by Crippen LogP contribution is -2.49. The van der Waals surface area contributed by atoms with Gasteiger partial charge in [0.05, 0.1) is 5.41 Å². The molecule has 0 saturated heterocycles. The van der Waals surface area contributed by atoms with Gasteiger partial charge in [-0.25, -0.2) is 0 Å². The van der Waals surface area contributed by atoms with Crippen molar-refractivity contribution in [3.05, 3.63) is 59.7 Å². The first-order valence-electron chi connectivity index (χ1n) is 8.18. The Morgan fingerprint density at radius 3 is 2.04 bits per heavy atom. The maximum Gasteiger partial charge on any atom is 0.321 e. The summed E-state index contributed by atoms with van der Waals surface area (Å²) in [7, 11) is 0. The van der Waals surface area contributed by atoms with Crippen LogP contribution < -0.4 is 5.73 Å². The SMILES string of the molecule is CC(C)(C(=O)OCC1c2ccccc2-c2ccccc21)[C@H](N)C(=O)O. The minimum absolute atomic E-state index is 0.0618. The molecule has 0 amide bonds. The number of hydrogen-bond donors (Lipinski definition) is 2. The van der Waals surface area contributed by atoms with Crippen molar-refractivity contribution >= 4 is 11.9 Å². The Labute approximate surface area is 146 Å². The molecular weight excluding hydrogens is 318 g/mol. The van der Waals surface area contributed by atoms with Crippen molar-refractivity contribution < 1.29 is 19.4 Å². The third-order valence-electron chi connectivity index (χ3n) is 4.91. The van der Waals surface area contributed by atoms with Crippen LogP contribution in [0.25, 0.3) is 11.1 Å². The average Bonchev–Trinajstić information content (AvgIpc) is 2.93. The van der Waals surface area contributed by atoms with Crippen LogP contribution in [0, 0.1) is 5.41 Å². The van der Waals surface area contributed by atoms with Gasteiger partial charge in [-0.15, -0.1) is 0 Å². The number of rotatable bonds is 5. The summed E-state index contributed by atoms with van der Waals surface area (Å²) in [6.07, 6.45) is 0. The number of hydrogen-bond acceptors (Lipinski definition) is 4. The first-order valence-corrected chi connectivity index (χ1v) is 8.18. The first kappa shape index (κ1) is 17.2. The van der Waals surface area contributed by atoms with Crippen molar-refractivity contribution in [3.8, 4) is 11.1 Å². The Morgan fingerprint density at radius 1 is 1.08 bits per heavy atom. The van der Waals surface area contributed by atoms with Crippen molar-refractivity contribution in [3.63, 3.8) is 0 Å². The summed E-state index contributed by atoms with van der Waals surface area (Å²) in [5, 5.41) is 9.07. The average molecular weight is 339 g/mol. The largest absolute Gasteiger partial charge is 0.480 e. The normalized spacial score (nSPS) is 14.5. The molecule has 130 valence electrons. The van der Waals surface area contributed by atoms with E-state index in [1.165, 1.54) is 13.8 Å². The number of carboxylic acid groups (broad SMARTS) is 1. The van der Waals surface area contributed by atoms with Crippen LogP contribution in [-0.2, 0) is 14.3 Å². The van der Waals surface area contributed by atoms with Gasteiger partial charge in [0, 0.05) is 5.92 Å². The lowest BCUT2D eigenvalue weighted by molar-refractivity contribution is -0.160. The standard InChI is InChI=1S/C20H21NO4/c1-20(2,17(21)18(22)23)19(24)25-11-16-14-9-5-3-7-12(14)13-8-4-6-10-15(13)16/h3-10,16-17H,11,21H2,1-2H3,(H,22,23)/t17-/m1/s1. The van der Waals surface area contributed by atoms with E-state index in [1.807, 2.05) is 36.4 Å². The van der Waals surface area contributed by atoms with E-state index < -0.39 is 23.4 Å². The van der Waals surface area contributed by atoms with E-state index in [0.29, 0.717) is 0 Å². The van der Waals surface area contributed by atoms with Gasteiger partial charge in [-0.2, -0.15) is 0 Å². The van der Waals surface area contributed by atoms with Crippen LogP contribution in [-0.4, -0.2) is 29.7 Å². The number of carbonyl (C=O) groups excluding carboxylic acids is 1. The molecule has 0 aliphatic heterocycles. The lowest BCUT2D eigenvalue weighted by atomic mass is 9.85. The molecule has 0 bridgehead atoms. The molecule has 25 heavy (non-hydrogen) atoms. The van der Waals surface area contributed by atoms with Gasteiger partial charge in [0.25, 0.3) is 0 Å². The lowest BCUT2D eigenvalue weighted by Gasteiger charge is -2.27. The van der Waals surface area contributed by atoms with Crippen LogP contribution in [0.4, 0.5) is 0 Å². The van der Waals surface area contributed by atoms with E-state index in [2.05, 4.69) is 12.1 Å². The van der Waals surface area contributed by atoms with Crippen LogP contribution in [0.5, 0.6) is 0 Å². The van der Waals surface area contributed by atoms with E-state index in [4.69, 9.17) is 15.6 Å². The third kappa shape index (κ3) is 2.91.